The molecular weight excluding hydrogens is 465 g/mol. The molecule has 1 aliphatic heterocycles. The minimum absolute atomic E-state index is 0. The van der Waals surface area contributed by atoms with Crippen molar-refractivity contribution in [2.24, 2.45) is 18.0 Å². The van der Waals surface area contributed by atoms with E-state index in [4.69, 9.17) is 4.99 Å². The second kappa shape index (κ2) is 11.9. The molecule has 1 aliphatic carbocycles. The lowest BCUT2D eigenvalue weighted by atomic mass is 9.89. The maximum atomic E-state index is 4.98. The van der Waals surface area contributed by atoms with E-state index >= 15 is 0 Å². The topological polar surface area (TPSA) is 61.6 Å². The molecule has 0 radical (unpaired) electrons. The third-order valence-corrected chi connectivity index (χ3v) is 6.05. The maximum absolute atomic E-state index is 4.98. The Bertz CT molecular complexity index is 597. The number of nitrogens with one attached hydrogen (secondary N) is 1. The van der Waals surface area contributed by atoms with Crippen LogP contribution in [-0.2, 0) is 13.6 Å². The largest absolute Gasteiger partial charge is 0.357 e. The van der Waals surface area contributed by atoms with E-state index in [0.717, 1.165) is 30.8 Å². The molecular formula is C20H38IN7. The molecule has 1 N–H and O–H groups in total. The number of halogens is 1. The maximum Gasteiger partial charge on any atom is 0.194 e. The third kappa shape index (κ3) is 6.57. The van der Waals surface area contributed by atoms with Crippen LogP contribution in [0.1, 0.15) is 57.7 Å². The summed E-state index contributed by atoms with van der Waals surface area (Å²) in [5, 5.41) is 7.60. The second-order valence-corrected chi connectivity index (χ2v) is 8.15. The number of hydrogen-bond acceptors (Lipinski definition) is 4. The fourth-order valence-electron chi connectivity index (χ4n) is 4.46. The Morgan fingerprint density at radius 1 is 1.25 bits per heavy atom. The molecule has 1 unspecified atom stereocenters. The van der Waals surface area contributed by atoms with Crippen molar-refractivity contribution in [1.29, 1.82) is 0 Å². The molecule has 1 saturated carbocycles. The smallest absolute Gasteiger partial charge is 0.194 e. The van der Waals surface area contributed by atoms with Gasteiger partial charge >= 0.3 is 0 Å². The second-order valence-electron chi connectivity index (χ2n) is 8.15. The zero-order valence-electron chi connectivity index (χ0n) is 17.8. The van der Waals surface area contributed by atoms with E-state index < -0.39 is 0 Å². The molecule has 2 fully saturated rings. The summed E-state index contributed by atoms with van der Waals surface area (Å²) in [6, 6.07) is 0.601. The van der Waals surface area contributed by atoms with Crippen molar-refractivity contribution in [2.75, 3.05) is 33.2 Å². The van der Waals surface area contributed by atoms with Crippen LogP contribution < -0.4 is 5.32 Å². The van der Waals surface area contributed by atoms with Gasteiger partial charge in [0.15, 0.2) is 5.96 Å². The van der Waals surface area contributed by atoms with Crippen molar-refractivity contribution in [3.63, 3.8) is 0 Å². The summed E-state index contributed by atoms with van der Waals surface area (Å²) in [5.74, 6) is 2.82. The van der Waals surface area contributed by atoms with Gasteiger partial charge in [-0.05, 0) is 45.1 Å². The summed E-state index contributed by atoms with van der Waals surface area (Å²) in [5.41, 5.74) is 0. The number of aryl methyl sites for hydroxylation is 1. The molecule has 2 aliphatic rings. The molecule has 1 saturated heterocycles. The van der Waals surface area contributed by atoms with Crippen LogP contribution in [-0.4, -0.2) is 69.8 Å². The van der Waals surface area contributed by atoms with Gasteiger partial charge in [0.2, 0.25) is 0 Å². The van der Waals surface area contributed by atoms with Gasteiger partial charge in [0.1, 0.15) is 12.2 Å². The van der Waals surface area contributed by atoms with Crippen LogP contribution in [0.25, 0.3) is 0 Å². The van der Waals surface area contributed by atoms with E-state index in [-0.39, 0.29) is 24.0 Å². The summed E-state index contributed by atoms with van der Waals surface area (Å²) in [4.78, 5) is 14.2. The lowest BCUT2D eigenvalue weighted by molar-refractivity contribution is 0.190. The van der Waals surface area contributed by atoms with Crippen LogP contribution in [0.15, 0.2) is 11.3 Å². The van der Waals surface area contributed by atoms with E-state index in [0.29, 0.717) is 12.6 Å². The van der Waals surface area contributed by atoms with Crippen molar-refractivity contribution in [3.05, 3.63) is 12.2 Å². The van der Waals surface area contributed by atoms with Gasteiger partial charge in [-0.2, -0.15) is 5.10 Å². The number of likely N-dealkylation sites (tertiary alicyclic amines) is 1. The van der Waals surface area contributed by atoms with Crippen LogP contribution in [0.4, 0.5) is 0 Å². The highest BCUT2D eigenvalue weighted by Crippen LogP contribution is 2.27. The highest BCUT2D eigenvalue weighted by atomic mass is 127. The minimum atomic E-state index is 0. The Kier molecular flexibility index (Phi) is 9.98. The Morgan fingerprint density at radius 3 is 2.71 bits per heavy atom. The van der Waals surface area contributed by atoms with Crippen LogP contribution >= 0.6 is 24.0 Å². The number of nitrogens with zero attached hydrogens (tertiary/aromatic N) is 6. The highest BCUT2D eigenvalue weighted by molar-refractivity contribution is 14.0. The van der Waals surface area contributed by atoms with Crippen LogP contribution in [0, 0.1) is 5.92 Å². The zero-order valence-corrected chi connectivity index (χ0v) is 20.1. The zero-order chi connectivity index (χ0) is 19.1. The van der Waals surface area contributed by atoms with E-state index in [1.807, 2.05) is 11.7 Å². The number of aliphatic imine (C=N–C) groups is 1. The monoisotopic (exact) mass is 503 g/mol. The summed E-state index contributed by atoms with van der Waals surface area (Å²) in [6.45, 7) is 7.12. The van der Waals surface area contributed by atoms with E-state index in [2.05, 4.69) is 39.2 Å². The van der Waals surface area contributed by atoms with Gasteiger partial charge in [0.25, 0.3) is 0 Å². The van der Waals surface area contributed by atoms with Gasteiger partial charge in [-0.1, -0.05) is 19.3 Å². The first-order valence-corrected chi connectivity index (χ1v) is 10.7. The van der Waals surface area contributed by atoms with Crippen molar-refractivity contribution in [1.82, 2.24) is 29.9 Å². The van der Waals surface area contributed by atoms with Crippen LogP contribution in [0.2, 0.25) is 0 Å². The number of hydrogen-bond donors (Lipinski definition) is 1. The first-order valence-electron chi connectivity index (χ1n) is 10.7. The van der Waals surface area contributed by atoms with Gasteiger partial charge in [-0.3, -0.25) is 14.6 Å². The molecule has 28 heavy (non-hydrogen) atoms. The number of guanidine groups is 1. The predicted octanol–water partition coefficient (Wildman–Crippen LogP) is 2.88. The van der Waals surface area contributed by atoms with E-state index in [9.17, 15) is 0 Å². The molecule has 0 aromatic carbocycles. The summed E-state index contributed by atoms with van der Waals surface area (Å²) in [6.07, 6.45) is 11.4. The van der Waals surface area contributed by atoms with Crippen molar-refractivity contribution in [2.45, 2.75) is 64.5 Å². The molecule has 1 aromatic rings. The quantitative estimate of drug-likeness (QED) is 0.352. The van der Waals surface area contributed by atoms with Crippen molar-refractivity contribution >= 4 is 29.9 Å². The Morgan fingerprint density at radius 2 is 2.04 bits per heavy atom. The first-order chi connectivity index (χ1) is 13.2. The molecule has 1 aromatic heterocycles. The molecule has 3 rings (SSSR count). The van der Waals surface area contributed by atoms with Gasteiger partial charge in [0.05, 0.1) is 13.1 Å². The number of aromatic nitrogens is 3. The molecule has 2 heterocycles. The lowest BCUT2D eigenvalue weighted by Gasteiger charge is -2.30. The van der Waals surface area contributed by atoms with Crippen LogP contribution in [0.5, 0.6) is 0 Å². The third-order valence-electron chi connectivity index (χ3n) is 6.05. The van der Waals surface area contributed by atoms with Crippen molar-refractivity contribution < 1.29 is 0 Å². The van der Waals surface area contributed by atoms with Gasteiger partial charge in [-0.25, -0.2) is 4.98 Å². The molecule has 7 nitrogen and oxygen atoms in total. The predicted molar refractivity (Wildman–Crippen MR) is 125 cm³/mol. The fraction of sp³-hybridized carbons (Fsp3) is 0.850. The Hall–Kier alpha value is -0.900. The average molecular weight is 503 g/mol. The molecule has 0 bridgehead atoms. The summed E-state index contributed by atoms with van der Waals surface area (Å²) in [7, 11) is 4.01. The van der Waals surface area contributed by atoms with Crippen LogP contribution in [0.3, 0.4) is 0 Å². The standard InChI is InChI=1S/C20H37N7.HI/c1-4-21-20(25(2)15-19-23-16-24-26(19)3)22-13-18-11-8-12-27(18)14-17-9-6-5-7-10-17;/h16-18H,4-15H2,1-3H3,(H,21,22);1H. The average Bonchev–Trinajstić information content (AvgIpc) is 3.28. The summed E-state index contributed by atoms with van der Waals surface area (Å²) < 4.78 is 1.82. The van der Waals surface area contributed by atoms with Gasteiger partial charge in [0, 0.05) is 33.2 Å². The summed E-state index contributed by atoms with van der Waals surface area (Å²) >= 11 is 0. The molecule has 0 amide bonds. The highest BCUT2D eigenvalue weighted by Gasteiger charge is 2.27. The Balaban J connectivity index is 0.00000280. The minimum Gasteiger partial charge on any atom is -0.357 e. The normalized spacial score (nSPS) is 21.5. The van der Waals surface area contributed by atoms with Crippen molar-refractivity contribution in [3.8, 4) is 0 Å². The first kappa shape index (κ1) is 23.4. The van der Waals surface area contributed by atoms with E-state index in [1.165, 1.54) is 58.0 Å². The van der Waals surface area contributed by atoms with Gasteiger partial charge in [-0.15, -0.1) is 24.0 Å². The SMILES string of the molecule is CCNC(=NCC1CCCN1CC1CCCCC1)N(C)Cc1ncnn1C.I. The molecule has 8 heteroatoms. The molecule has 1 atom stereocenters. The molecule has 160 valence electrons. The number of rotatable bonds is 7. The fourth-order valence-corrected chi connectivity index (χ4v) is 4.46. The van der Waals surface area contributed by atoms with E-state index in [1.54, 1.807) is 6.33 Å². The Labute approximate surface area is 187 Å². The molecule has 0 spiro atoms. The lowest BCUT2D eigenvalue weighted by Crippen LogP contribution is -2.41. The van der Waals surface area contributed by atoms with Gasteiger partial charge < -0.3 is 10.2 Å².